The number of anilines is 3. The average molecular weight is 560 g/mol. The van der Waals surface area contributed by atoms with E-state index in [0.717, 1.165) is 17.0 Å². The summed E-state index contributed by atoms with van der Waals surface area (Å²) in [5.41, 5.74) is 2.87. The van der Waals surface area contributed by atoms with Gasteiger partial charge in [0.15, 0.2) is 11.6 Å². The minimum Gasteiger partial charge on any atom is -0.442 e. The molecule has 1 aromatic heterocycles. The zero-order valence-electron chi connectivity index (χ0n) is 22.1. The Kier molecular flexibility index (Phi) is 8.09. The van der Waals surface area contributed by atoms with Crippen LogP contribution in [0.15, 0.2) is 30.6 Å². The van der Waals surface area contributed by atoms with Gasteiger partial charge in [-0.3, -0.25) is 14.7 Å². The maximum Gasteiger partial charge on any atom is 0.414 e. The molecule has 2 aromatic rings. The van der Waals surface area contributed by atoms with Crippen LogP contribution in [0.3, 0.4) is 0 Å². The summed E-state index contributed by atoms with van der Waals surface area (Å²) in [4.78, 5) is 51.5. The van der Waals surface area contributed by atoms with Gasteiger partial charge < -0.3 is 24.8 Å². The zero-order chi connectivity index (χ0) is 28.2. The summed E-state index contributed by atoms with van der Waals surface area (Å²) in [6, 6.07) is 3.74. The Morgan fingerprint density at radius 2 is 1.70 bits per heavy atom. The predicted molar refractivity (Wildman–Crippen MR) is 141 cm³/mol. The van der Waals surface area contributed by atoms with Gasteiger partial charge in [-0.2, -0.15) is 0 Å². The normalized spacial score (nSPS) is 19.9. The van der Waals surface area contributed by atoms with Crippen molar-refractivity contribution in [3.05, 3.63) is 42.2 Å². The third kappa shape index (κ3) is 5.98. The van der Waals surface area contributed by atoms with E-state index in [0.29, 0.717) is 38.7 Å². The highest BCUT2D eigenvalue weighted by molar-refractivity contribution is 5.90. The molecule has 0 bridgehead atoms. The van der Waals surface area contributed by atoms with Gasteiger partial charge in [-0.05, 0) is 6.07 Å². The van der Waals surface area contributed by atoms with Crippen LogP contribution in [0.4, 0.5) is 35.7 Å². The predicted octanol–water partition coefficient (Wildman–Crippen LogP) is 0.785. The lowest BCUT2D eigenvalue weighted by atomic mass is 10.2. The highest BCUT2D eigenvalue weighted by Gasteiger charge is 2.34. The summed E-state index contributed by atoms with van der Waals surface area (Å²) in [6.07, 6.45) is 1.99. The fraction of sp³-hybridized carbons (Fsp3) is 0.480. The summed E-state index contributed by atoms with van der Waals surface area (Å²) >= 11 is 0. The number of piperazine rings is 1. The molecule has 1 atom stereocenters. The minimum atomic E-state index is -0.827. The number of nitrogens with one attached hydrogen (secondary N) is 2. The molecule has 0 spiro atoms. The number of carbonyl (C=O) groups excluding carboxylic acids is 3. The van der Waals surface area contributed by atoms with Crippen LogP contribution in [0.5, 0.6) is 0 Å². The first-order valence-corrected chi connectivity index (χ1v) is 13.1. The van der Waals surface area contributed by atoms with Crippen molar-refractivity contribution in [3.8, 4) is 0 Å². The molecular weight excluding hydrogens is 528 g/mol. The Morgan fingerprint density at radius 1 is 1.02 bits per heavy atom. The Morgan fingerprint density at radius 3 is 2.38 bits per heavy atom. The number of hydrogen-bond acceptors (Lipinski definition) is 9. The van der Waals surface area contributed by atoms with Crippen LogP contribution >= 0.6 is 0 Å². The summed E-state index contributed by atoms with van der Waals surface area (Å²) < 4.78 is 35.7. The molecule has 3 aliphatic rings. The van der Waals surface area contributed by atoms with Crippen LogP contribution in [-0.2, 0) is 9.53 Å². The molecule has 4 heterocycles. The lowest BCUT2D eigenvalue weighted by Crippen LogP contribution is -2.56. The molecule has 0 unspecified atom stereocenters. The summed E-state index contributed by atoms with van der Waals surface area (Å²) in [6.45, 7) is 4.65. The monoisotopic (exact) mass is 559 g/mol. The second kappa shape index (κ2) is 11.9. The molecule has 0 aliphatic carbocycles. The number of rotatable bonds is 5. The maximum absolute atomic E-state index is 15.2. The van der Waals surface area contributed by atoms with Crippen molar-refractivity contribution in [1.82, 2.24) is 30.6 Å². The number of amides is 4. The standard InChI is InChI=1S/C25H31F2N9O4/c1-17(37)30-15-19-16-35(25(39)40-19)18-13-20(26)22(21(27)14-18)32-6-5-31-36(12-11-32)24(38)34-9-7-33(8-10-34)23-28-3-2-4-29-23/h2-4,13-14,19,31H,5-12,15-16H2,1H3,(H,30,37)/t19-/m0/s1. The van der Waals surface area contributed by atoms with E-state index in [-0.39, 0.29) is 56.0 Å². The Balaban J connectivity index is 1.18. The SMILES string of the molecule is CC(=O)NC[C@H]1CN(c2cc(F)c(N3CCNN(C(=O)N4CCN(c5ncccn5)CC4)CC3)c(F)c2)C(=O)O1. The maximum atomic E-state index is 15.2. The quantitative estimate of drug-likeness (QED) is 0.547. The molecule has 214 valence electrons. The van der Waals surface area contributed by atoms with E-state index in [2.05, 4.69) is 20.7 Å². The van der Waals surface area contributed by atoms with Crippen LogP contribution in [0.25, 0.3) is 0 Å². The fourth-order valence-electron chi connectivity index (χ4n) is 4.95. The van der Waals surface area contributed by atoms with Crippen molar-refractivity contribution >= 4 is 35.4 Å². The van der Waals surface area contributed by atoms with Gasteiger partial charge in [0.2, 0.25) is 11.9 Å². The topological polar surface area (TPSA) is 126 Å². The Bertz CT molecular complexity index is 1220. The Labute approximate surface area is 229 Å². The van der Waals surface area contributed by atoms with E-state index >= 15 is 8.78 Å². The van der Waals surface area contributed by atoms with Crippen LogP contribution in [0.2, 0.25) is 0 Å². The molecule has 15 heteroatoms. The van der Waals surface area contributed by atoms with Gasteiger partial charge in [-0.1, -0.05) is 0 Å². The van der Waals surface area contributed by atoms with E-state index in [1.165, 1.54) is 11.9 Å². The molecular formula is C25H31F2N9O4. The first-order chi connectivity index (χ1) is 19.3. The molecule has 4 amide bonds. The third-order valence-electron chi connectivity index (χ3n) is 6.98. The lowest BCUT2D eigenvalue weighted by Gasteiger charge is -2.37. The number of benzene rings is 1. The van der Waals surface area contributed by atoms with Gasteiger partial charge in [-0.25, -0.2) is 33.8 Å². The first kappa shape index (κ1) is 27.3. The van der Waals surface area contributed by atoms with Crippen LogP contribution in [0, 0.1) is 11.6 Å². The second-order valence-corrected chi connectivity index (χ2v) is 9.66. The number of halogens is 2. The van der Waals surface area contributed by atoms with Crippen molar-refractivity contribution in [2.75, 3.05) is 80.1 Å². The van der Waals surface area contributed by atoms with Crippen LogP contribution in [0.1, 0.15) is 6.92 Å². The summed E-state index contributed by atoms with van der Waals surface area (Å²) in [5, 5.41) is 4.04. The molecule has 0 radical (unpaired) electrons. The number of cyclic esters (lactones) is 1. The second-order valence-electron chi connectivity index (χ2n) is 9.66. The van der Waals surface area contributed by atoms with E-state index in [1.807, 2.05) is 4.90 Å². The number of hydrogen-bond donors (Lipinski definition) is 2. The number of urea groups is 1. The van der Waals surface area contributed by atoms with Crippen LogP contribution < -0.4 is 25.4 Å². The molecule has 40 heavy (non-hydrogen) atoms. The minimum absolute atomic E-state index is 0.0267. The molecule has 2 N–H and O–H groups in total. The van der Waals surface area contributed by atoms with Crippen LogP contribution in [-0.4, -0.2) is 109 Å². The fourth-order valence-corrected chi connectivity index (χ4v) is 4.95. The third-order valence-corrected chi connectivity index (χ3v) is 6.98. The van der Waals surface area contributed by atoms with Gasteiger partial charge in [0.05, 0.1) is 25.3 Å². The smallest absolute Gasteiger partial charge is 0.414 e. The number of ether oxygens (including phenoxy) is 1. The van der Waals surface area contributed by atoms with Gasteiger partial charge in [-0.15, -0.1) is 0 Å². The molecule has 5 rings (SSSR count). The Hall–Kier alpha value is -4.27. The highest BCUT2D eigenvalue weighted by atomic mass is 19.1. The molecule has 3 aliphatic heterocycles. The van der Waals surface area contributed by atoms with Gasteiger partial charge in [0, 0.05) is 77.3 Å². The molecule has 3 saturated heterocycles. The number of hydrazine groups is 1. The van der Waals surface area contributed by atoms with E-state index in [1.54, 1.807) is 28.3 Å². The average Bonchev–Trinajstić information content (AvgIpc) is 3.16. The summed E-state index contributed by atoms with van der Waals surface area (Å²) in [7, 11) is 0. The van der Waals surface area contributed by atoms with Crippen molar-refractivity contribution in [3.63, 3.8) is 0 Å². The van der Waals surface area contributed by atoms with Crippen molar-refractivity contribution < 1.29 is 27.9 Å². The number of nitrogens with zero attached hydrogens (tertiary/aromatic N) is 7. The largest absolute Gasteiger partial charge is 0.442 e. The molecule has 0 saturated carbocycles. The number of aromatic nitrogens is 2. The molecule has 3 fully saturated rings. The van der Waals surface area contributed by atoms with Crippen molar-refractivity contribution in [2.45, 2.75) is 13.0 Å². The zero-order valence-corrected chi connectivity index (χ0v) is 22.1. The van der Waals surface area contributed by atoms with Gasteiger partial charge in [0.25, 0.3) is 0 Å². The van der Waals surface area contributed by atoms with E-state index in [9.17, 15) is 14.4 Å². The molecule has 1 aromatic carbocycles. The van der Waals surface area contributed by atoms with Gasteiger partial charge >= 0.3 is 12.1 Å². The van der Waals surface area contributed by atoms with E-state index < -0.39 is 23.8 Å². The molecule has 13 nitrogen and oxygen atoms in total. The number of carbonyl (C=O) groups is 3. The van der Waals surface area contributed by atoms with Gasteiger partial charge in [0.1, 0.15) is 11.8 Å². The summed E-state index contributed by atoms with van der Waals surface area (Å²) in [5.74, 6) is -1.30. The van der Waals surface area contributed by atoms with Crippen molar-refractivity contribution in [1.29, 1.82) is 0 Å². The van der Waals surface area contributed by atoms with Crippen molar-refractivity contribution in [2.24, 2.45) is 0 Å². The first-order valence-electron chi connectivity index (χ1n) is 13.1. The lowest BCUT2D eigenvalue weighted by molar-refractivity contribution is -0.119. The highest BCUT2D eigenvalue weighted by Crippen LogP contribution is 2.31. The van der Waals surface area contributed by atoms with E-state index in [4.69, 9.17) is 4.74 Å².